The number of furan rings is 1. The van der Waals surface area contributed by atoms with Crippen LogP contribution in [0.1, 0.15) is 46.1 Å². The van der Waals surface area contributed by atoms with Gasteiger partial charge in [0.25, 0.3) is 5.91 Å². The van der Waals surface area contributed by atoms with Crippen LogP contribution in [0.15, 0.2) is 52.9 Å². The van der Waals surface area contributed by atoms with E-state index >= 15 is 0 Å². The topological polar surface area (TPSA) is 42.2 Å². The van der Waals surface area contributed by atoms with Crippen LogP contribution in [0.25, 0.3) is 11.0 Å². The zero-order valence-electron chi connectivity index (χ0n) is 14.2. The number of fused-ring (bicyclic) bond motifs is 2. The van der Waals surface area contributed by atoms with E-state index in [1.807, 2.05) is 36.6 Å². The molecule has 0 aliphatic heterocycles. The molecule has 1 aliphatic carbocycles. The van der Waals surface area contributed by atoms with Crippen molar-refractivity contribution in [2.75, 3.05) is 6.26 Å². The van der Waals surface area contributed by atoms with Crippen LogP contribution in [0.2, 0.25) is 0 Å². The number of rotatable bonds is 4. The maximum absolute atomic E-state index is 13.0. The van der Waals surface area contributed by atoms with E-state index in [-0.39, 0.29) is 11.9 Å². The van der Waals surface area contributed by atoms with Crippen molar-refractivity contribution in [2.24, 2.45) is 0 Å². The van der Waals surface area contributed by atoms with Gasteiger partial charge < -0.3 is 9.73 Å². The summed E-state index contributed by atoms with van der Waals surface area (Å²) < 4.78 is 5.92. The number of carbonyl (C=O) groups excluding carboxylic acids is 1. The summed E-state index contributed by atoms with van der Waals surface area (Å²) in [6.07, 6.45) is 5.20. The first-order valence-corrected chi connectivity index (χ1v) is 10.1. The molecule has 1 heterocycles. The molecular weight excluding hydrogens is 330 g/mol. The van der Waals surface area contributed by atoms with Crippen LogP contribution < -0.4 is 5.32 Å². The number of hydrogen-bond donors (Lipinski definition) is 1. The van der Waals surface area contributed by atoms with Gasteiger partial charge in [0.1, 0.15) is 5.58 Å². The van der Waals surface area contributed by atoms with Gasteiger partial charge in [-0.3, -0.25) is 4.79 Å². The fourth-order valence-corrected chi connectivity index (χ4v) is 4.27. The number of thioether (sulfide) groups is 1. The smallest absolute Gasteiger partial charge is 0.287 e. The maximum Gasteiger partial charge on any atom is 0.287 e. The summed E-state index contributed by atoms with van der Waals surface area (Å²) >= 11 is 1.70. The van der Waals surface area contributed by atoms with E-state index in [9.17, 15) is 4.79 Å². The SMILES string of the molecule is CSCc1c(C(=O)NC2CCCc3ccccc32)oc2ccccc12. The second kappa shape index (κ2) is 6.96. The third-order valence-electron chi connectivity index (χ3n) is 4.87. The van der Waals surface area contributed by atoms with Gasteiger partial charge in [-0.1, -0.05) is 42.5 Å². The first kappa shape index (κ1) is 16.3. The van der Waals surface area contributed by atoms with E-state index in [0.717, 1.165) is 41.5 Å². The Labute approximate surface area is 151 Å². The highest BCUT2D eigenvalue weighted by molar-refractivity contribution is 7.97. The summed E-state index contributed by atoms with van der Waals surface area (Å²) in [7, 11) is 0. The largest absolute Gasteiger partial charge is 0.451 e. The minimum atomic E-state index is -0.109. The number of aryl methyl sites for hydroxylation is 1. The molecule has 0 spiro atoms. The molecule has 128 valence electrons. The standard InChI is InChI=1S/C21H21NO2S/c1-25-13-17-16-10-4-5-12-19(16)24-20(17)21(23)22-18-11-6-8-14-7-2-3-9-15(14)18/h2-5,7,9-10,12,18H,6,8,11,13H2,1H3,(H,22,23). The van der Waals surface area contributed by atoms with Crippen molar-refractivity contribution in [1.82, 2.24) is 5.32 Å². The summed E-state index contributed by atoms with van der Waals surface area (Å²) in [5.41, 5.74) is 4.35. The molecule has 3 nitrogen and oxygen atoms in total. The fraction of sp³-hybridized carbons (Fsp3) is 0.286. The third kappa shape index (κ3) is 3.07. The Morgan fingerprint density at radius 3 is 2.88 bits per heavy atom. The average molecular weight is 351 g/mol. The highest BCUT2D eigenvalue weighted by Gasteiger charge is 2.25. The van der Waals surface area contributed by atoms with Crippen molar-refractivity contribution in [3.05, 3.63) is 71.0 Å². The molecule has 4 rings (SSSR count). The quantitative estimate of drug-likeness (QED) is 0.711. The van der Waals surface area contributed by atoms with Gasteiger partial charge in [-0.25, -0.2) is 0 Å². The number of para-hydroxylation sites is 1. The molecule has 1 unspecified atom stereocenters. The Balaban J connectivity index is 1.66. The predicted molar refractivity (Wildman–Crippen MR) is 103 cm³/mol. The van der Waals surface area contributed by atoms with Crippen LogP contribution in [0.5, 0.6) is 0 Å². The number of nitrogens with one attached hydrogen (secondary N) is 1. The highest BCUT2D eigenvalue weighted by atomic mass is 32.2. The Bertz CT molecular complexity index is 915. The summed E-state index contributed by atoms with van der Waals surface area (Å²) in [6, 6.07) is 16.3. The molecule has 1 amide bonds. The second-order valence-electron chi connectivity index (χ2n) is 6.46. The van der Waals surface area contributed by atoms with Crippen LogP contribution in [0, 0.1) is 0 Å². The van der Waals surface area contributed by atoms with Gasteiger partial charge in [0.15, 0.2) is 5.76 Å². The van der Waals surface area contributed by atoms with Gasteiger partial charge in [-0.05, 0) is 42.7 Å². The molecule has 0 saturated carbocycles. The summed E-state index contributed by atoms with van der Waals surface area (Å²) in [5.74, 6) is 1.11. The van der Waals surface area contributed by atoms with E-state index < -0.39 is 0 Å². The summed E-state index contributed by atoms with van der Waals surface area (Å²) in [5, 5.41) is 4.24. The second-order valence-corrected chi connectivity index (χ2v) is 7.32. The lowest BCUT2D eigenvalue weighted by Gasteiger charge is -2.26. The molecule has 1 atom stereocenters. The molecule has 3 aromatic rings. The predicted octanol–water partition coefficient (Wildman–Crippen LogP) is 5.10. The van der Waals surface area contributed by atoms with Crippen LogP contribution >= 0.6 is 11.8 Å². The number of carbonyl (C=O) groups is 1. The monoisotopic (exact) mass is 351 g/mol. The Kier molecular flexibility index (Phi) is 4.53. The van der Waals surface area contributed by atoms with E-state index in [2.05, 4.69) is 23.5 Å². The van der Waals surface area contributed by atoms with Gasteiger partial charge in [0.2, 0.25) is 0 Å². The van der Waals surface area contributed by atoms with Gasteiger partial charge in [0, 0.05) is 16.7 Å². The minimum Gasteiger partial charge on any atom is -0.451 e. The number of benzene rings is 2. The zero-order chi connectivity index (χ0) is 17.2. The van der Waals surface area contributed by atoms with Crippen molar-refractivity contribution in [1.29, 1.82) is 0 Å². The van der Waals surface area contributed by atoms with Crippen LogP contribution in [0.3, 0.4) is 0 Å². The molecule has 4 heteroatoms. The van der Waals surface area contributed by atoms with Crippen molar-refractivity contribution < 1.29 is 9.21 Å². The lowest BCUT2D eigenvalue weighted by molar-refractivity contribution is 0.0906. The number of hydrogen-bond acceptors (Lipinski definition) is 3. The zero-order valence-corrected chi connectivity index (χ0v) is 15.1. The van der Waals surface area contributed by atoms with Gasteiger partial charge in [-0.2, -0.15) is 11.8 Å². The summed E-state index contributed by atoms with van der Waals surface area (Å²) in [4.78, 5) is 13.0. The normalized spacial score (nSPS) is 16.6. The van der Waals surface area contributed by atoms with E-state index in [1.165, 1.54) is 11.1 Å². The minimum absolute atomic E-state index is 0.0628. The molecule has 0 bridgehead atoms. The van der Waals surface area contributed by atoms with Gasteiger partial charge in [-0.15, -0.1) is 0 Å². The lowest BCUT2D eigenvalue weighted by Crippen LogP contribution is -2.31. The molecule has 1 N–H and O–H groups in total. The summed E-state index contributed by atoms with van der Waals surface area (Å²) in [6.45, 7) is 0. The van der Waals surface area contributed by atoms with Crippen molar-refractivity contribution in [3.63, 3.8) is 0 Å². The Morgan fingerprint density at radius 1 is 1.20 bits per heavy atom. The number of amides is 1. The first-order chi connectivity index (χ1) is 12.3. The van der Waals surface area contributed by atoms with Crippen LogP contribution in [-0.4, -0.2) is 12.2 Å². The molecule has 25 heavy (non-hydrogen) atoms. The molecular formula is C21H21NO2S. The molecule has 0 fully saturated rings. The maximum atomic E-state index is 13.0. The fourth-order valence-electron chi connectivity index (χ4n) is 3.70. The van der Waals surface area contributed by atoms with Crippen molar-refractivity contribution in [3.8, 4) is 0 Å². The molecule has 1 aliphatic rings. The average Bonchev–Trinajstić information content (AvgIpc) is 3.01. The Morgan fingerprint density at radius 2 is 2.00 bits per heavy atom. The van der Waals surface area contributed by atoms with Crippen molar-refractivity contribution >= 4 is 28.6 Å². The van der Waals surface area contributed by atoms with E-state index in [0.29, 0.717) is 5.76 Å². The van der Waals surface area contributed by atoms with Gasteiger partial charge >= 0.3 is 0 Å². The van der Waals surface area contributed by atoms with Crippen molar-refractivity contribution in [2.45, 2.75) is 31.1 Å². The Hall–Kier alpha value is -2.20. The third-order valence-corrected chi connectivity index (χ3v) is 5.45. The van der Waals surface area contributed by atoms with E-state index in [4.69, 9.17) is 4.42 Å². The van der Waals surface area contributed by atoms with E-state index in [1.54, 1.807) is 11.8 Å². The molecule has 1 aromatic heterocycles. The highest BCUT2D eigenvalue weighted by Crippen LogP contribution is 2.32. The van der Waals surface area contributed by atoms with Crippen LogP contribution in [0.4, 0.5) is 0 Å². The van der Waals surface area contributed by atoms with Gasteiger partial charge in [0.05, 0.1) is 6.04 Å². The first-order valence-electron chi connectivity index (χ1n) is 8.66. The molecule has 0 radical (unpaired) electrons. The van der Waals surface area contributed by atoms with Crippen LogP contribution in [-0.2, 0) is 12.2 Å². The molecule has 2 aromatic carbocycles. The lowest BCUT2D eigenvalue weighted by atomic mass is 9.87. The molecule has 0 saturated heterocycles.